The monoisotopic (exact) mass is 359 g/mol. The molecular weight excluding hydrogens is 345 g/mol. The number of hydrogen-bond donors (Lipinski definition) is 1. The Balaban J connectivity index is 1.77. The summed E-state index contributed by atoms with van der Waals surface area (Å²) < 4.78 is 14.4. The van der Waals surface area contributed by atoms with E-state index in [1.54, 1.807) is 18.2 Å². The van der Waals surface area contributed by atoms with Gasteiger partial charge in [0.15, 0.2) is 0 Å². The summed E-state index contributed by atoms with van der Waals surface area (Å²) in [6.07, 6.45) is 1.24. The van der Waals surface area contributed by atoms with E-state index in [4.69, 9.17) is 11.6 Å². The number of rotatable bonds is 4. The molecule has 0 saturated carbocycles. The molecule has 1 unspecified atom stereocenters. The van der Waals surface area contributed by atoms with Crippen LogP contribution in [-0.4, -0.2) is 15.5 Å². The quantitative estimate of drug-likeness (QED) is 0.778. The van der Waals surface area contributed by atoms with Crippen molar-refractivity contribution in [1.29, 1.82) is 0 Å². The van der Waals surface area contributed by atoms with E-state index < -0.39 is 11.4 Å². The summed E-state index contributed by atoms with van der Waals surface area (Å²) in [5, 5.41) is 3.66. The van der Waals surface area contributed by atoms with E-state index in [1.165, 1.54) is 29.1 Å². The van der Waals surface area contributed by atoms with Gasteiger partial charge in [-0.2, -0.15) is 0 Å². The predicted octanol–water partition coefficient (Wildman–Crippen LogP) is 3.07. The lowest BCUT2D eigenvalue weighted by Gasteiger charge is -2.15. The van der Waals surface area contributed by atoms with E-state index in [0.29, 0.717) is 5.02 Å². The Bertz CT molecular complexity index is 1000. The average Bonchev–Trinajstić information content (AvgIpc) is 2.57. The van der Waals surface area contributed by atoms with Gasteiger partial charge in [-0.05, 0) is 36.8 Å². The molecule has 0 aliphatic carbocycles. The fourth-order valence-electron chi connectivity index (χ4n) is 2.55. The molecule has 0 aliphatic rings. The lowest BCUT2D eigenvalue weighted by molar-refractivity contribution is -0.122. The van der Waals surface area contributed by atoms with Crippen LogP contribution >= 0.6 is 11.6 Å². The molecule has 1 amide bonds. The summed E-state index contributed by atoms with van der Waals surface area (Å²) in [5.74, 6) is -0.803. The van der Waals surface area contributed by atoms with Crippen LogP contribution in [0.4, 0.5) is 4.39 Å². The number of hydrogen-bond acceptors (Lipinski definition) is 3. The van der Waals surface area contributed by atoms with Crippen molar-refractivity contribution in [3.8, 4) is 0 Å². The fraction of sp³-hybridized carbons (Fsp3) is 0.167. The van der Waals surface area contributed by atoms with Gasteiger partial charge in [0.05, 0.1) is 23.3 Å². The largest absolute Gasteiger partial charge is 0.348 e. The van der Waals surface area contributed by atoms with Gasteiger partial charge in [-0.25, -0.2) is 9.37 Å². The van der Waals surface area contributed by atoms with E-state index >= 15 is 0 Å². The molecule has 7 heteroatoms. The molecule has 1 heterocycles. The van der Waals surface area contributed by atoms with Crippen molar-refractivity contribution in [3.63, 3.8) is 0 Å². The zero-order valence-corrected chi connectivity index (χ0v) is 14.1. The number of amides is 1. The normalized spacial score (nSPS) is 12.1. The average molecular weight is 360 g/mol. The van der Waals surface area contributed by atoms with Crippen molar-refractivity contribution in [1.82, 2.24) is 14.9 Å². The SMILES string of the molecule is CC(NC(=O)Cn1cnc2cc(F)ccc2c1=O)c1cccc(Cl)c1. The molecule has 2 aromatic carbocycles. The smallest absolute Gasteiger partial charge is 0.261 e. The fourth-order valence-corrected chi connectivity index (χ4v) is 2.74. The van der Waals surface area contributed by atoms with Gasteiger partial charge in [0.1, 0.15) is 12.4 Å². The molecule has 0 fully saturated rings. The molecule has 1 N–H and O–H groups in total. The van der Waals surface area contributed by atoms with Crippen molar-refractivity contribution < 1.29 is 9.18 Å². The third-order valence-electron chi connectivity index (χ3n) is 3.83. The first-order valence-corrected chi connectivity index (χ1v) is 8.01. The third-order valence-corrected chi connectivity index (χ3v) is 4.06. The first-order valence-electron chi connectivity index (χ1n) is 7.63. The second-order valence-electron chi connectivity index (χ2n) is 5.68. The van der Waals surface area contributed by atoms with Crippen molar-refractivity contribution in [3.05, 3.63) is 75.5 Å². The number of fused-ring (bicyclic) bond motifs is 1. The van der Waals surface area contributed by atoms with E-state index in [0.717, 1.165) is 5.56 Å². The van der Waals surface area contributed by atoms with Gasteiger partial charge in [0.25, 0.3) is 5.56 Å². The molecule has 0 spiro atoms. The van der Waals surface area contributed by atoms with Gasteiger partial charge in [0, 0.05) is 11.1 Å². The summed E-state index contributed by atoms with van der Waals surface area (Å²) >= 11 is 5.95. The lowest BCUT2D eigenvalue weighted by Crippen LogP contribution is -2.34. The highest BCUT2D eigenvalue weighted by molar-refractivity contribution is 6.30. The van der Waals surface area contributed by atoms with Crippen LogP contribution in [0.5, 0.6) is 0 Å². The second kappa shape index (κ2) is 7.03. The van der Waals surface area contributed by atoms with Crippen molar-refractivity contribution >= 4 is 28.4 Å². The number of aromatic nitrogens is 2. The second-order valence-corrected chi connectivity index (χ2v) is 6.12. The molecule has 1 aromatic heterocycles. The van der Waals surface area contributed by atoms with Crippen LogP contribution < -0.4 is 10.9 Å². The number of nitrogens with one attached hydrogen (secondary N) is 1. The van der Waals surface area contributed by atoms with Gasteiger partial charge < -0.3 is 5.32 Å². The van der Waals surface area contributed by atoms with Crippen LogP contribution in [0.1, 0.15) is 18.5 Å². The molecule has 25 heavy (non-hydrogen) atoms. The summed E-state index contributed by atoms with van der Waals surface area (Å²) in [5.41, 5.74) is 0.727. The number of halogens is 2. The molecule has 0 saturated heterocycles. The summed E-state index contributed by atoms with van der Waals surface area (Å²) in [6, 6.07) is 10.7. The molecule has 0 aliphatic heterocycles. The molecule has 0 radical (unpaired) electrons. The van der Waals surface area contributed by atoms with Crippen LogP contribution in [0, 0.1) is 5.82 Å². The zero-order chi connectivity index (χ0) is 18.0. The number of carbonyl (C=O) groups excluding carboxylic acids is 1. The Morgan fingerprint density at radius 3 is 2.88 bits per heavy atom. The molecular formula is C18H15ClFN3O2. The van der Waals surface area contributed by atoms with E-state index in [9.17, 15) is 14.0 Å². The topological polar surface area (TPSA) is 64.0 Å². The highest BCUT2D eigenvalue weighted by atomic mass is 35.5. The Hall–Kier alpha value is -2.73. The number of nitrogens with zero attached hydrogens (tertiary/aromatic N) is 2. The Kier molecular flexibility index (Phi) is 4.81. The van der Waals surface area contributed by atoms with Crippen LogP contribution in [0.15, 0.2) is 53.6 Å². The number of benzene rings is 2. The van der Waals surface area contributed by atoms with Crippen LogP contribution in [-0.2, 0) is 11.3 Å². The molecule has 3 aromatic rings. The van der Waals surface area contributed by atoms with Crippen LogP contribution in [0.2, 0.25) is 5.02 Å². The standard InChI is InChI=1S/C18H15ClFN3O2/c1-11(12-3-2-4-13(19)7-12)22-17(24)9-23-10-21-16-8-14(20)5-6-15(16)18(23)25/h2-8,10-11H,9H2,1H3,(H,22,24). The molecule has 128 valence electrons. The van der Waals surface area contributed by atoms with Crippen molar-refractivity contribution in [2.75, 3.05) is 0 Å². The first-order chi connectivity index (χ1) is 11.9. The summed E-state index contributed by atoms with van der Waals surface area (Å²) in [4.78, 5) is 28.6. The summed E-state index contributed by atoms with van der Waals surface area (Å²) in [6.45, 7) is 1.65. The Morgan fingerprint density at radius 1 is 1.32 bits per heavy atom. The first kappa shape index (κ1) is 17.1. The summed E-state index contributed by atoms with van der Waals surface area (Å²) in [7, 11) is 0. The number of carbonyl (C=O) groups is 1. The van der Waals surface area contributed by atoms with Crippen LogP contribution in [0.25, 0.3) is 10.9 Å². The predicted molar refractivity (Wildman–Crippen MR) is 94.0 cm³/mol. The van der Waals surface area contributed by atoms with E-state index in [1.807, 2.05) is 13.0 Å². The Labute approximate surface area is 148 Å². The van der Waals surface area contributed by atoms with Gasteiger partial charge >= 0.3 is 0 Å². The molecule has 3 rings (SSSR count). The third kappa shape index (κ3) is 3.85. The zero-order valence-electron chi connectivity index (χ0n) is 13.4. The van der Waals surface area contributed by atoms with Gasteiger partial charge in [-0.3, -0.25) is 14.2 Å². The molecule has 5 nitrogen and oxygen atoms in total. The molecule has 0 bridgehead atoms. The van der Waals surface area contributed by atoms with Crippen LogP contribution in [0.3, 0.4) is 0 Å². The Morgan fingerprint density at radius 2 is 2.12 bits per heavy atom. The van der Waals surface area contributed by atoms with E-state index in [-0.39, 0.29) is 29.4 Å². The lowest BCUT2D eigenvalue weighted by atomic mass is 10.1. The highest BCUT2D eigenvalue weighted by Gasteiger charge is 2.12. The minimum absolute atomic E-state index is 0.177. The van der Waals surface area contributed by atoms with Gasteiger partial charge in [-0.1, -0.05) is 23.7 Å². The maximum Gasteiger partial charge on any atom is 0.261 e. The van der Waals surface area contributed by atoms with E-state index in [2.05, 4.69) is 10.3 Å². The van der Waals surface area contributed by atoms with Crippen molar-refractivity contribution in [2.24, 2.45) is 0 Å². The highest BCUT2D eigenvalue weighted by Crippen LogP contribution is 2.17. The van der Waals surface area contributed by atoms with Gasteiger partial charge in [-0.15, -0.1) is 0 Å². The minimum Gasteiger partial charge on any atom is -0.348 e. The minimum atomic E-state index is -0.467. The van der Waals surface area contributed by atoms with Gasteiger partial charge in [0.2, 0.25) is 5.91 Å². The maximum atomic E-state index is 13.2. The maximum absolute atomic E-state index is 13.2. The molecule has 1 atom stereocenters. The van der Waals surface area contributed by atoms with Crippen molar-refractivity contribution in [2.45, 2.75) is 19.5 Å².